The number of benzene rings is 1. The van der Waals surface area contributed by atoms with Crippen LogP contribution in [-0.2, 0) is 14.6 Å². The Morgan fingerprint density at radius 3 is 2.76 bits per heavy atom. The van der Waals surface area contributed by atoms with Crippen LogP contribution >= 0.6 is 0 Å². The van der Waals surface area contributed by atoms with E-state index in [-0.39, 0.29) is 30.0 Å². The lowest BCUT2D eigenvalue weighted by atomic mass is 10.2. The third kappa shape index (κ3) is 4.46. The van der Waals surface area contributed by atoms with Crippen molar-refractivity contribution in [1.29, 1.82) is 0 Å². The minimum Gasteiger partial charge on any atom is -0.362 e. The maximum Gasteiger partial charge on any atom is 0.239 e. The van der Waals surface area contributed by atoms with Crippen LogP contribution < -0.4 is 10.2 Å². The number of carbonyl (C=O) groups excluding carboxylic acids is 1. The smallest absolute Gasteiger partial charge is 0.239 e. The van der Waals surface area contributed by atoms with Gasteiger partial charge in [-0.25, -0.2) is 8.42 Å². The Labute approximate surface area is 126 Å². The maximum atomic E-state index is 12.1. The molecule has 0 saturated carbocycles. The van der Waals surface area contributed by atoms with Gasteiger partial charge in [0.25, 0.3) is 0 Å². The number of hydrogen-bond acceptors (Lipinski definition) is 4. The Hall–Kier alpha value is -1.56. The molecular weight excluding hydrogens is 288 g/mol. The zero-order chi connectivity index (χ0) is 15.5. The van der Waals surface area contributed by atoms with Gasteiger partial charge >= 0.3 is 0 Å². The predicted octanol–water partition coefficient (Wildman–Crippen LogP) is 1.12. The average Bonchev–Trinajstić information content (AvgIpc) is 2.75. The van der Waals surface area contributed by atoms with Gasteiger partial charge in [0.15, 0.2) is 9.84 Å². The first kappa shape index (κ1) is 15.8. The van der Waals surface area contributed by atoms with E-state index in [0.717, 1.165) is 17.8 Å². The van der Waals surface area contributed by atoms with Crippen molar-refractivity contribution in [3.8, 4) is 0 Å². The second-order valence-corrected chi connectivity index (χ2v) is 7.75. The summed E-state index contributed by atoms with van der Waals surface area (Å²) in [5, 5.41) is 2.82. The molecule has 1 unspecified atom stereocenters. The van der Waals surface area contributed by atoms with Crippen LogP contribution in [0.1, 0.15) is 18.9 Å². The normalized spacial score (nSPS) is 20.2. The molecule has 1 N–H and O–H groups in total. The number of rotatable bonds is 5. The summed E-state index contributed by atoms with van der Waals surface area (Å²) < 4.78 is 22.8. The summed E-state index contributed by atoms with van der Waals surface area (Å²) in [5.41, 5.74) is 2.15. The van der Waals surface area contributed by atoms with E-state index in [1.807, 2.05) is 43.0 Å². The molecule has 1 fully saturated rings. The molecule has 0 spiro atoms. The van der Waals surface area contributed by atoms with Crippen molar-refractivity contribution in [2.75, 3.05) is 29.5 Å². The monoisotopic (exact) mass is 310 g/mol. The van der Waals surface area contributed by atoms with Crippen LogP contribution in [0, 0.1) is 6.92 Å². The number of amides is 1. The summed E-state index contributed by atoms with van der Waals surface area (Å²) >= 11 is 0. The van der Waals surface area contributed by atoms with Gasteiger partial charge in [-0.1, -0.05) is 12.1 Å². The van der Waals surface area contributed by atoms with Gasteiger partial charge in [-0.15, -0.1) is 0 Å². The molecule has 1 heterocycles. The average molecular weight is 310 g/mol. The molecule has 6 heteroatoms. The van der Waals surface area contributed by atoms with Gasteiger partial charge in [0.05, 0.1) is 18.1 Å². The molecule has 5 nitrogen and oxygen atoms in total. The van der Waals surface area contributed by atoms with E-state index in [4.69, 9.17) is 0 Å². The van der Waals surface area contributed by atoms with Gasteiger partial charge in [0.2, 0.25) is 5.91 Å². The molecule has 0 bridgehead atoms. The minimum absolute atomic E-state index is 0.0648. The van der Waals surface area contributed by atoms with Crippen molar-refractivity contribution >= 4 is 21.4 Å². The summed E-state index contributed by atoms with van der Waals surface area (Å²) in [6, 6.07) is 7.76. The van der Waals surface area contributed by atoms with Crippen LogP contribution in [0.3, 0.4) is 0 Å². The van der Waals surface area contributed by atoms with Gasteiger partial charge in [-0.3, -0.25) is 4.79 Å². The van der Waals surface area contributed by atoms with Gasteiger partial charge in [-0.2, -0.15) is 0 Å². The van der Waals surface area contributed by atoms with E-state index >= 15 is 0 Å². The second-order valence-electron chi connectivity index (χ2n) is 5.52. The number of sulfone groups is 1. The largest absolute Gasteiger partial charge is 0.362 e. The highest BCUT2D eigenvalue weighted by Crippen LogP contribution is 2.16. The quantitative estimate of drug-likeness (QED) is 0.885. The zero-order valence-electron chi connectivity index (χ0n) is 12.5. The van der Waals surface area contributed by atoms with E-state index in [1.165, 1.54) is 0 Å². The summed E-state index contributed by atoms with van der Waals surface area (Å²) in [6.07, 6.45) is 0.518. The van der Waals surface area contributed by atoms with Crippen LogP contribution in [0.25, 0.3) is 0 Å². The van der Waals surface area contributed by atoms with E-state index in [9.17, 15) is 13.2 Å². The number of nitrogens with zero attached hydrogens (tertiary/aromatic N) is 1. The summed E-state index contributed by atoms with van der Waals surface area (Å²) in [6.45, 7) is 4.98. The molecule has 116 valence electrons. The summed E-state index contributed by atoms with van der Waals surface area (Å²) in [4.78, 5) is 14.1. The molecule has 1 aromatic carbocycles. The molecule has 1 aliphatic rings. The fourth-order valence-corrected chi connectivity index (χ4v) is 4.24. The van der Waals surface area contributed by atoms with Crippen molar-refractivity contribution in [2.45, 2.75) is 26.3 Å². The van der Waals surface area contributed by atoms with E-state index in [1.54, 1.807) is 0 Å². The molecule has 1 aliphatic heterocycles. The number of carbonyl (C=O) groups is 1. The number of anilines is 1. The Bertz CT molecular complexity index is 613. The lowest BCUT2D eigenvalue weighted by Crippen LogP contribution is -2.42. The third-order valence-electron chi connectivity index (χ3n) is 3.68. The Morgan fingerprint density at radius 1 is 1.43 bits per heavy atom. The molecule has 1 amide bonds. The van der Waals surface area contributed by atoms with Gasteiger partial charge in [-0.05, 0) is 38.0 Å². The third-order valence-corrected chi connectivity index (χ3v) is 5.45. The number of hydrogen-bond donors (Lipinski definition) is 1. The zero-order valence-corrected chi connectivity index (χ0v) is 13.3. The highest BCUT2D eigenvalue weighted by Gasteiger charge is 2.29. The van der Waals surface area contributed by atoms with Crippen LogP contribution in [-0.4, -0.2) is 45.0 Å². The van der Waals surface area contributed by atoms with Crippen molar-refractivity contribution in [2.24, 2.45) is 0 Å². The van der Waals surface area contributed by atoms with Crippen molar-refractivity contribution in [1.82, 2.24) is 5.32 Å². The summed E-state index contributed by atoms with van der Waals surface area (Å²) in [7, 11) is -2.96. The topological polar surface area (TPSA) is 66.5 Å². The van der Waals surface area contributed by atoms with Crippen molar-refractivity contribution in [3.63, 3.8) is 0 Å². The standard InChI is InChI=1S/C15H22N2O3S/c1-3-17(14-6-4-5-12(2)9-14)10-15(18)16-13-7-8-21(19,20)11-13/h4-6,9,13H,3,7-8,10-11H2,1-2H3,(H,16,18). The molecule has 1 saturated heterocycles. The number of likely N-dealkylation sites (N-methyl/N-ethyl adjacent to an activating group) is 1. The van der Waals surface area contributed by atoms with E-state index in [0.29, 0.717) is 6.42 Å². The highest BCUT2D eigenvalue weighted by molar-refractivity contribution is 7.91. The first-order chi connectivity index (χ1) is 9.89. The van der Waals surface area contributed by atoms with Gasteiger partial charge in [0, 0.05) is 18.3 Å². The Balaban J connectivity index is 1.94. The molecule has 0 aliphatic carbocycles. The molecule has 0 radical (unpaired) electrons. The molecule has 1 atom stereocenters. The fraction of sp³-hybridized carbons (Fsp3) is 0.533. The van der Waals surface area contributed by atoms with Crippen LogP contribution in [0.4, 0.5) is 5.69 Å². The molecule has 1 aromatic rings. The maximum absolute atomic E-state index is 12.1. The van der Waals surface area contributed by atoms with E-state index < -0.39 is 9.84 Å². The molecule has 2 rings (SSSR count). The summed E-state index contributed by atoms with van der Waals surface area (Å²) in [5.74, 6) is 0.114. The lowest BCUT2D eigenvalue weighted by Gasteiger charge is -2.23. The highest BCUT2D eigenvalue weighted by atomic mass is 32.2. The SMILES string of the molecule is CCN(CC(=O)NC1CCS(=O)(=O)C1)c1cccc(C)c1. The van der Waals surface area contributed by atoms with E-state index in [2.05, 4.69) is 5.32 Å². The van der Waals surface area contributed by atoms with Gasteiger partial charge < -0.3 is 10.2 Å². The van der Waals surface area contributed by atoms with Crippen LogP contribution in [0.5, 0.6) is 0 Å². The lowest BCUT2D eigenvalue weighted by molar-refractivity contribution is -0.120. The Kier molecular flexibility index (Phi) is 4.88. The number of nitrogens with one attached hydrogen (secondary N) is 1. The van der Waals surface area contributed by atoms with Crippen molar-refractivity contribution < 1.29 is 13.2 Å². The molecular formula is C15H22N2O3S. The number of aryl methyl sites for hydroxylation is 1. The second kappa shape index (κ2) is 6.47. The fourth-order valence-electron chi connectivity index (χ4n) is 2.57. The predicted molar refractivity (Wildman–Crippen MR) is 84.3 cm³/mol. The minimum atomic E-state index is -2.96. The van der Waals surface area contributed by atoms with Crippen molar-refractivity contribution in [3.05, 3.63) is 29.8 Å². The first-order valence-electron chi connectivity index (χ1n) is 7.21. The first-order valence-corrected chi connectivity index (χ1v) is 9.03. The molecule has 21 heavy (non-hydrogen) atoms. The Morgan fingerprint density at radius 2 is 2.19 bits per heavy atom. The molecule has 0 aromatic heterocycles. The van der Waals surface area contributed by atoms with Crippen LogP contribution in [0.15, 0.2) is 24.3 Å². The van der Waals surface area contributed by atoms with Gasteiger partial charge in [0.1, 0.15) is 0 Å². The van der Waals surface area contributed by atoms with Crippen LogP contribution in [0.2, 0.25) is 0 Å².